The molecule has 1 aromatic carbocycles. The van der Waals surface area contributed by atoms with E-state index < -0.39 is 10.0 Å². The molecule has 0 spiro atoms. The standard InChI is InChI=1S/C15H16N2O2S2/c1-12(10-14-7-5-9-20-14)17(2)21(18,19)15-8-4-3-6-13(15)11-16/h3-9,12H,10H2,1-2H3. The third-order valence-corrected chi connectivity index (χ3v) is 6.29. The van der Waals surface area contributed by atoms with E-state index in [9.17, 15) is 8.42 Å². The predicted molar refractivity (Wildman–Crippen MR) is 83.6 cm³/mol. The molecule has 1 heterocycles. The summed E-state index contributed by atoms with van der Waals surface area (Å²) in [6.07, 6.45) is 0.655. The molecule has 0 saturated carbocycles. The molecule has 6 heteroatoms. The van der Waals surface area contributed by atoms with Crippen LogP contribution in [0.5, 0.6) is 0 Å². The summed E-state index contributed by atoms with van der Waals surface area (Å²) in [7, 11) is -2.11. The van der Waals surface area contributed by atoms with Gasteiger partial charge in [-0.1, -0.05) is 18.2 Å². The summed E-state index contributed by atoms with van der Waals surface area (Å²) in [5.41, 5.74) is 0.174. The van der Waals surface area contributed by atoms with Crippen molar-refractivity contribution in [2.24, 2.45) is 0 Å². The van der Waals surface area contributed by atoms with Crippen LogP contribution in [0.15, 0.2) is 46.7 Å². The van der Waals surface area contributed by atoms with Crippen molar-refractivity contribution in [2.75, 3.05) is 7.05 Å². The number of benzene rings is 1. The van der Waals surface area contributed by atoms with Crippen LogP contribution < -0.4 is 0 Å². The molecule has 1 unspecified atom stereocenters. The topological polar surface area (TPSA) is 61.2 Å². The number of rotatable bonds is 5. The Hall–Kier alpha value is -1.68. The molecular formula is C15H16N2O2S2. The molecule has 0 aliphatic carbocycles. The molecule has 2 aromatic rings. The third-order valence-electron chi connectivity index (χ3n) is 3.36. The number of likely N-dealkylation sites (N-methyl/N-ethyl adjacent to an activating group) is 1. The van der Waals surface area contributed by atoms with Crippen molar-refractivity contribution < 1.29 is 8.42 Å². The van der Waals surface area contributed by atoms with Crippen LogP contribution in [0.2, 0.25) is 0 Å². The van der Waals surface area contributed by atoms with Crippen molar-refractivity contribution >= 4 is 21.4 Å². The Morgan fingerprint density at radius 2 is 2.00 bits per heavy atom. The van der Waals surface area contributed by atoms with E-state index in [1.165, 1.54) is 16.4 Å². The average Bonchev–Trinajstić information content (AvgIpc) is 2.99. The van der Waals surface area contributed by atoms with Gasteiger partial charge in [-0.05, 0) is 36.9 Å². The first-order chi connectivity index (χ1) is 9.96. The molecule has 0 saturated heterocycles. The zero-order valence-corrected chi connectivity index (χ0v) is 13.5. The molecule has 0 amide bonds. The Morgan fingerprint density at radius 1 is 1.29 bits per heavy atom. The molecule has 4 nitrogen and oxygen atoms in total. The summed E-state index contributed by atoms with van der Waals surface area (Å²) in [5, 5.41) is 11.1. The van der Waals surface area contributed by atoms with Gasteiger partial charge in [-0.2, -0.15) is 9.57 Å². The van der Waals surface area contributed by atoms with Gasteiger partial charge in [0.25, 0.3) is 0 Å². The molecule has 0 radical (unpaired) electrons. The summed E-state index contributed by atoms with van der Waals surface area (Å²) in [6, 6.07) is 12.0. The Labute approximate surface area is 129 Å². The lowest BCUT2D eigenvalue weighted by Gasteiger charge is -2.24. The van der Waals surface area contributed by atoms with E-state index >= 15 is 0 Å². The Bertz CT molecular complexity index is 746. The van der Waals surface area contributed by atoms with E-state index in [2.05, 4.69) is 0 Å². The number of nitrogens with zero attached hydrogens (tertiary/aromatic N) is 2. The molecule has 110 valence electrons. The normalized spacial score (nSPS) is 13.0. The highest BCUT2D eigenvalue weighted by atomic mass is 32.2. The maximum absolute atomic E-state index is 12.7. The van der Waals surface area contributed by atoms with Gasteiger partial charge in [-0.25, -0.2) is 8.42 Å². The van der Waals surface area contributed by atoms with Crippen molar-refractivity contribution in [2.45, 2.75) is 24.3 Å². The second kappa shape index (κ2) is 6.39. The first-order valence-corrected chi connectivity index (χ1v) is 8.78. The van der Waals surface area contributed by atoms with Gasteiger partial charge in [0, 0.05) is 18.0 Å². The first kappa shape index (κ1) is 15.7. The van der Waals surface area contributed by atoms with Crippen LogP contribution >= 0.6 is 11.3 Å². The lowest BCUT2D eigenvalue weighted by molar-refractivity contribution is 0.388. The highest BCUT2D eigenvalue weighted by molar-refractivity contribution is 7.89. The van der Waals surface area contributed by atoms with E-state index in [0.29, 0.717) is 6.42 Å². The molecule has 0 bridgehead atoms. The van der Waals surface area contributed by atoms with Crippen molar-refractivity contribution in [3.8, 4) is 6.07 Å². The maximum atomic E-state index is 12.7. The summed E-state index contributed by atoms with van der Waals surface area (Å²) in [6.45, 7) is 1.87. The van der Waals surface area contributed by atoms with Crippen LogP contribution in [0, 0.1) is 11.3 Å². The summed E-state index contributed by atoms with van der Waals surface area (Å²) >= 11 is 1.61. The number of hydrogen-bond donors (Lipinski definition) is 0. The van der Waals surface area contributed by atoms with Gasteiger partial charge in [-0.15, -0.1) is 11.3 Å². The number of nitriles is 1. The van der Waals surface area contributed by atoms with Gasteiger partial charge in [0.15, 0.2) is 0 Å². The fraction of sp³-hybridized carbons (Fsp3) is 0.267. The van der Waals surface area contributed by atoms with Crippen molar-refractivity contribution in [1.82, 2.24) is 4.31 Å². The third kappa shape index (κ3) is 3.32. The average molecular weight is 320 g/mol. The number of sulfonamides is 1. The Morgan fingerprint density at radius 3 is 2.62 bits per heavy atom. The Kier molecular flexibility index (Phi) is 4.78. The fourth-order valence-corrected chi connectivity index (χ4v) is 4.35. The number of hydrogen-bond acceptors (Lipinski definition) is 4. The monoisotopic (exact) mass is 320 g/mol. The molecule has 0 aliphatic heterocycles. The van der Waals surface area contributed by atoms with Crippen LogP contribution in [0.1, 0.15) is 17.4 Å². The van der Waals surface area contributed by atoms with E-state index in [-0.39, 0.29) is 16.5 Å². The molecule has 0 aliphatic rings. The van der Waals surface area contributed by atoms with Gasteiger partial charge in [-0.3, -0.25) is 0 Å². The second-order valence-corrected chi connectivity index (χ2v) is 7.76. The summed E-state index contributed by atoms with van der Waals surface area (Å²) in [5.74, 6) is 0. The maximum Gasteiger partial charge on any atom is 0.244 e. The lowest BCUT2D eigenvalue weighted by atomic mass is 10.2. The molecule has 1 atom stereocenters. The molecule has 0 N–H and O–H groups in total. The zero-order valence-electron chi connectivity index (χ0n) is 11.9. The summed E-state index contributed by atoms with van der Waals surface area (Å²) in [4.78, 5) is 1.20. The first-order valence-electron chi connectivity index (χ1n) is 6.46. The van der Waals surface area contributed by atoms with Crippen molar-refractivity contribution in [3.05, 3.63) is 52.2 Å². The van der Waals surface area contributed by atoms with Crippen LogP contribution in [-0.2, 0) is 16.4 Å². The molecule has 0 fully saturated rings. The van der Waals surface area contributed by atoms with Crippen LogP contribution in [0.3, 0.4) is 0 Å². The highest BCUT2D eigenvalue weighted by Gasteiger charge is 2.27. The van der Waals surface area contributed by atoms with Crippen molar-refractivity contribution in [3.63, 3.8) is 0 Å². The smallest absolute Gasteiger partial charge is 0.207 e. The van der Waals surface area contributed by atoms with Crippen LogP contribution in [0.25, 0.3) is 0 Å². The Balaban J connectivity index is 2.28. The molecular weight excluding hydrogens is 304 g/mol. The van der Waals surface area contributed by atoms with E-state index in [1.807, 2.05) is 30.5 Å². The minimum absolute atomic E-state index is 0.0630. The van der Waals surface area contributed by atoms with E-state index in [1.54, 1.807) is 30.5 Å². The van der Waals surface area contributed by atoms with E-state index in [0.717, 1.165) is 4.88 Å². The van der Waals surface area contributed by atoms with Crippen molar-refractivity contribution in [1.29, 1.82) is 5.26 Å². The minimum atomic E-state index is -3.67. The zero-order chi connectivity index (χ0) is 15.5. The minimum Gasteiger partial charge on any atom is -0.207 e. The van der Waals surface area contributed by atoms with Crippen LogP contribution in [-0.4, -0.2) is 25.8 Å². The SMILES string of the molecule is CC(Cc1cccs1)N(C)S(=O)(=O)c1ccccc1C#N. The molecule has 2 rings (SSSR count). The quantitative estimate of drug-likeness (QED) is 0.851. The van der Waals surface area contributed by atoms with Gasteiger partial charge in [0.2, 0.25) is 10.0 Å². The molecule has 1 aromatic heterocycles. The van der Waals surface area contributed by atoms with Gasteiger partial charge in [0.05, 0.1) is 10.5 Å². The lowest BCUT2D eigenvalue weighted by Crippen LogP contribution is -2.36. The fourth-order valence-electron chi connectivity index (χ4n) is 2.02. The summed E-state index contributed by atoms with van der Waals surface area (Å²) < 4.78 is 26.7. The number of thiophene rings is 1. The second-order valence-electron chi connectivity index (χ2n) is 4.76. The van der Waals surface area contributed by atoms with Gasteiger partial charge < -0.3 is 0 Å². The van der Waals surface area contributed by atoms with Crippen LogP contribution in [0.4, 0.5) is 0 Å². The van der Waals surface area contributed by atoms with Gasteiger partial charge >= 0.3 is 0 Å². The van der Waals surface area contributed by atoms with E-state index in [4.69, 9.17) is 5.26 Å². The predicted octanol–water partition coefficient (Wildman–Crippen LogP) is 2.87. The van der Waals surface area contributed by atoms with Gasteiger partial charge in [0.1, 0.15) is 6.07 Å². The highest BCUT2D eigenvalue weighted by Crippen LogP contribution is 2.22. The molecule has 21 heavy (non-hydrogen) atoms. The largest absolute Gasteiger partial charge is 0.244 e.